The van der Waals surface area contributed by atoms with Crippen molar-refractivity contribution in [1.29, 1.82) is 0 Å². The van der Waals surface area contributed by atoms with Crippen molar-refractivity contribution in [3.63, 3.8) is 0 Å². The molecule has 0 radical (unpaired) electrons. The second-order valence-corrected chi connectivity index (χ2v) is 9.94. The predicted octanol–water partition coefficient (Wildman–Crippen LogP) is 4.86. The van der Waals surface area contributed by atoms with Gasteiger partial charge in [-0.3, -0.25) is 0 Å². The molecule has 190 valence electrons. The van der Waals surface area contributed by atoms with E-state index in [1.54, 1.807) is 0 Å². The fraction of sp³-hybridized carbons (Fsp3) is 0.600. The Balaban J connectivity index is 1.26. The molecule has 0 amide bonds. The molecular weight excluding hydrogens is 464 g/mol. The number of benzene rings is 1. The quantitative estimate of drug-likeness (QED) is 0.579. The van der Waals surface area contributed by atoms with Crippen LogP contribution in [0.2, 0.25) is 0 Å². The smallest absolute Gasteiger partial charge is 0.420 e. The van der Waals surface area contributed by atoms with E-state index in [9.17, 15) is 17.6 Å². The summed E-state index contributed by atoms with van der Waals surface area (Å²) < 4.78 is 66.6. The van der Waals surface area contributed by atoms with Crippen LogP contribution in [0.3, 0.4) is 0 Å². The Bertz CT molecular complexity index is 1030. The van der Waals surface area contributed by atoms with E-state index in [-0.39, 0.29) is 28.9 Å². The number of aromatic nitrogens is 2. The van der Waals surface area contributed by atoms with Crippen molar-refractivity contribution in [2.45, 2.75) is 37.9 Å². The second kappa shape index (κ2) is 9.89. The number of fused-ring (bicyclic) bond motifs is 1. The van der Waals surface area contributed by atoms with Crippen molar-refractivity contribution in [1.82, 2.24) is 15.1 Å². The summed E-state index contributed by atoms with van der Waals surface area (Å²) in [4.78, 5) is 2.51. The van der Waals surface area contributed by atoms with Gasteiger partial charge >= 0.3 is 6.18 Å². The van der Waals surface area contributed by atoms with Gasteiger partial charge in [-0.2, -0.15) is 13.2 Å². The summed E-state index contributed by atoms with van der Waals surface area (Å²) in [6, 6.07) is 4.71. The van der Waals surface area contributed by atoms with Crippen LogP contribution >= 0.6 is 0 Å². The van der Waals surface area contributed by atoms with Crippen LogP contribution in [-0.4, -0.2) is 61.1 Å². The number of hydrogen-bond acceptors (Lipinski definition) is 6. The highest BCUT2D eigenvalue weighted by Crippen LogP contribution is 2.42. The predicted molar refractivity (Wildman–Crippen MR) is 123 cm³/mol. The molecule has 1 aliphatic carbocycles. The number of anilines is 1. The van der Waals surface area contributed by atoms with Crippen LogP contribution in [-0.2, 0) is 10.9 Å². The first kappa shape index (κ1) is 24.2. The van der Waals surface area contributed by atoms with E-state index in [0.29, 0.717) is 17.8 Å². The lowest BCUT2D eigenvalue weighted by Crippen LogP contribution is -2.32. The maximum Gasteiger partial charge on any atom is 0.420 e. The minimum atomic E-state index is -4.65. The van der Waals surface area contributed by atoms with Crippen LogP contribution in [0.15, 0.2) is 24.3 Å². The van der Waals surface area contributed by atoms with Crippen LogP contribution in [0.1, 0.15) is 31.2 Å². The fourth-order valence-corrected chi connectivity index (χ4v) is 5.83. The highest BCUT2D eigenvalue weighted by atomic mass is 19.4. The van der Waals surface area contributed by atoms with Gasteiger partial charge in [-0.05, 0) is 61.6 Å². The minimum Gasteiger partial charge on any atom is -0.497 e. The summed E-state index contributed by atoms with van der Waals surface area (Å²) in [6.07, 6.45) is -0.826. The zero-order chi connectivity index (χ0) is 24.6. The van der Waals surface area contributed by atoms with Crippen LogP contribution in [0.5, 0.6) is 5.75 Å². The maximum atomic E-state index is 14.4. The molecule has 1 aromatic heterocycles. The largest absolute Gasteiger partial charge is 0.497 e. The normalized spacial score (nSPS) is 25.6. The topological polar surface area (TPSA) is 59.5 Å². The Kier molecular flexibility index (Phi) is 6.85. The molecule has 0 bridgehead atoms. The first-order chi connectivity index (χ1) is 16.8. The van der Waals surface area contributed by atoms with Gasteiger partial charge in [-0.25, -0.2) is 4.39 Å². The molecule has 3 fully saturated rings. The van der Waals surface area contributed by atoms with Crippen LogP contribution in [0.25, 0.3) is 11.3 Å². The molecule has 1 unspecified atom stereocenters. The number of likely N-dealkylation sites (tertiary alicyclic amines) is 1. The Hall–Kier alpha value is -2.46. The molecule has 3 heterocycles. The van der Waals surface area contributed by atoms with Crippen LogP contribution < -0.4 is 10.1 Å². The van der Waals surface area contributed by atoms with Crippen molar-refractivity contribution in [3.8, 4) is 17.0 Å². The number of nitrogens with one attached hydrogen (secondary N) is 1. The van der Waals surface area contributed by atoms with Gasteiger partial charge in [0.05, 0.1) is 12.8 Å². The lowest BCUT2D eigenvalue weighted by molar-refractivity contribution is -0.137. The number of halogens is 4. The summed E-state index contributed by atoms with van der Waals surface area (Å²) in [5.74, 6) is 0.882. The SMILES string of the molecule is COc1ccc(-c2cc(C(F)(F)F)c(NC3C[C@@H]4CN(CC5CCOCC5)C[C@@H]4C3)nn2)c(F)c1. The summed E-state index contributed by atoms with van der Waals surface area (Å²) in [7, 11) is 1.39. The molecule has 10 heteroatoms. The first-order valence-corrected chi connectivity index (χ1v) is 12.2. The van der Waals surface area contributed by atoms with E-state index < -0.39 is 17.6 Å². The van der Waals surface area contributed by atoms with Gasteiger partial charge in [0.2, 0.25) is 0 Å². The molecular formula is C25H30F4N4O2. The molecule has 1 aromatic carbocycles. The second-order valence-electron chi connectivity index (χ2n) is 9.94. The summed E-state index contributed by atoms with van der Waals surface area (Å²) in [5.41, 5.74) is -1.17. The molecule has 2 aliphatic heterocycles. The van der Waals surface area contributed by atoms with Gasteiger partial charge < -0.3 is 19.7 Å². The Morgan fingerprint density at radius 2 is 1.80 bits per heavy atom. The van der Waals surface area contributed by atoms with Crippen LogP contribution in [0, 0.1) is 23.6 Å². The minimum absolute atomic E-state index is 0.0598. The number of alkyl halides is 3. The average Bonchev–Trinajstić information content (AvgIpc) is 3.37. The van der Waals surface area contributed by atoms with E-state index in [4.69, 9.17) is 9.47 Å². The van der Waals surface area contributed by atoms with Gasteiger partial charge in [0.25, 0.3) is 0 Å². The summed E-state index contributed by atoms with van der Waals surface area (Å²) in [6.45, 7) is 4.75. The van der Waals surface area contributed by atoms with Crippen molar-refractivity contribution in [2.24, 2.45) is 17.8 Å². The van der Waals surface area contributed by atoms with Gasteiger partial charge in [0, 0.05) is 50.5 Å². The molecule has 0 spiro atoms. The van der Waals surface area contributed by atoms with Gasteiger partial charge in [-0.15, -0.1) is 10.2 Å². The van der Waals surface area contributed by atoms with Crippen molar-refractivity contribution in [2.75, 3.05) is 45.3 Å². The molecule has 6 nitrogen and oxygen atoms in total. The van der Waals surface area contributed by atoms with Gasteiger partial charge in [-0.1, -0.05) is 0 Å². The zero-order valence-electron chi connectivity index (χ0n) is 19.7. The van der Waals surface area contributed by atoms with E-state index in [1.165, 1.54) is 19.2 Å². The lowest BCUT2D eigenvalue weighted by atomic mass is 10.00. The van der Waals surface area contributed by atoms with Crippen molar-refractivity contribution < 1.29 is 27.0 Å². The molecule has 1 N–H and O–H groups in total. The Morgan fingerprint density at radius 3 is 2.43 bits per heavy atom. The molecule has 2 aromatic rings. The third kappa shape index (κ3) is 5.38. The van der Waals surface area contributed by atoms with Crippen molar-refractivity contribution >= 4 is 5.82 Å². The molecule has 3 atom stereocenters. The Morgan fingerprint density at radius 1 is 1.09 bits per heavy atom. The van der Waals surface area contributed by atoms with Gasteiger partial charge in [0.1, 0.15) is 17.1 Å². The summed E-state index contributed by atoms with van der Waals surface area (Å²) in [5, 5.41) is 10.8. The highest BCUT2D eigenvalue weighted by Gasteiger charge is 2.43. The fourth-order valence-electron chi connectivity index (χ4n) is 5.83. The molecule has 1 saturated carbocycles. The van der Waals surface area contributed by atoms with Gasteiger partial charge in [0.15, 0.2) is 5.82 Å². The lowest BCUT2D eigenvalue weighted by Gasteiger charge is -2.28. The summed E-state index contributed by atoms with van der Waals surface area (Å²) >= 11 is 0. The highest BCUT2D eigenvalue weighted by molar-refractivity contribution is 5.64. The van der Waals surface area contributed by atoms with E-state index in [2.05, 4.69) is 20.4 Å². The number of hydrogen-bond donors (Lipinski definition) is 1. The van der Waals surface area contributed by atoms with E-state index in [1.807, 2.05) is 0 Å². The number of nitrogens with zero attached hydrogens (tertiary/aromatic N) is 3. The molecule has 5 rings (SSSR count). The first-order valence-electron chi connectivity index (χ1n) is 12.2. The van der Waals surface area contributed by atoms with E-state index >= 15 is 0 Å². The molecule has 35 heavy (non-hydrogen) atoms. The third-order valence-electron chi connectivity index (χ3n) is 7.58. The zero-order valence-corrected chi connectivity index (χ0v) is 19.7. The monoisotopic (exact) mass is 494 g/mol. The Labute approximate surface area is 202 Å². The van der Waals surface area contributed by atoms with Crippen LogP contribution in [0.4, 0.5) is 23.4 Å². The average molecular weight is 495 g/mol. The third-order valence-corrected chi connectivity index (χ3v) is 7.58. The standard InChI is InChI=1S/C25H30F4N4O2/c1-34-19-2-3-20(22(26)10-19)23-11-21(25(27,28)29)24(32-31-23)30-18-8-16-13-33(14-17(16)9-18)12-15-4-6-35-7-5-15/h2-3,10-11,15-18H,4-9,12-14H2,1H3,(H,30,32)/t16-,17+,18?. The molecule has 3 aliphatic rings. The number of methoxy groups -OCH3 is 1. The maximum absolute atomic E-state index is 14.4. The van der Waals surface area contributed by atoms with Crippen molar-refractivity contribution in [3.05, 3.63) is 35.6 Å². The number of ether oxygens (including phenoxy) is 2. The number of rotatable bonds is 6. The van der Waals surface area contributed by atoms with E-state index in [0.717, 1.165) is 70.7 Å². The molecule has 2 saturated heterocycles.